The van der Waals surface area contributed by atoms with Gasteiger partial charge in [-0.25, -0.2) is 4.79 Å². The van der Waals surface area contributed by atoms with E-state index in [1.807, 2.05) is 25.5 Å². The van der Waals surface area contributed by atoms with Gasteiger partial charge < -0.3 is 14.6 Å². The number of thiophene rings is 2. The standard InChI is InChI=1S/C25H26N4O3S3/c1-13-7-9-17(10-8-13)21-16(4)33-11-18(21)22-27-28-25(29(22)5)34-12-19(30)26-23-20(24(31)32-6)14(2)15(3)35-23/h7-11H,12H2,1-6H3,(H,26,30). The second-order valence-electron chi connectivity index (χ2n) is 8.13. The first-order valence-electron chi connectivity index (χ1n) is 10.9. The topological polar surface area (TPSA) is 86.1 Å². The van der Waals surface area contributed by atoms with Crippen molar-refractivity contribution in [2.45, 2.75) is 32.9 Å². The fourth-order valence-electron chi connectivity index (χ4n) is 3.73. The number of amides is 1. The molecule has 1 amide bonds. The van der Waals surface area contributed by atoms with Gasteiger partial charge in [-0.15, -0.1) is 32.9 Å². The van der Waals surface area contributed by atoms with Crippen LogP contribution in [0.2, 0.25) is 0 Å². The maximum Gasteiger partial charge on any atom is 0.341 e. The maximum atomic E-state index is 12.7. The van der Waals surface area contributed by atoms with E-state index in [9.17, 15) is 9.59 Å². The quantitative estimate of drug-likeness (QED) is 0.234. The summed E-state index contributed by atoms with van der Waals surface area (Å²) in [4.78, 5) is 27.0. The highest BCUT2D eigenvalue weighted by molar-refractivity contribution is 7.99. The van der Waals surface area contributed by atoms with Crippen LogP contribution in [0.1, 0.15) is 31.2 Å². The summed E-state index contributed by atoms with van der Waals surface area (Å²) in [6.07, 6.45) is 0. The van der Waals surface area contributed by atoms with Gasteiger partial charge in [0, 0.05) is 33.3 Å². The lowest BCUT2D eigenvalue weighted by Gasteiger charge is -2.08. The lowest BCUT2D eigenvalue weighted by atomic mass is 10.0. The average Bonchev–Trinajstić information content (AvgIpc) is 3.47. The summed E-state index contributed by atoms with van der Waals surface area (Å²) in [7, 11) is 3.24. The number of hydrogen-bond acceptors (Lipinski definition) is 8. The number of rotatable bonds is 7. The van der Waals surface area contributed by atoms with Crippen molar-refractivity contribution < 1.29 is 14.3 Å². The summed E-state index contributed by atoms with van der Waals surface area (Å²) in [5, 5.41) is 14.9. The molecule has 1 N–H and O–H groups in total. The van der Waals surface area contributed by atoms with Crippen molar-refractivity contribution >= 4 is 51.3 Å². The molecule has 0 spiro atoms. The van der Waals surface area contributed by atoms with Gasteiger partial charge in [0.2, 0.25) is 5.91 Å². The number of benzene rings is 1. The monoisotopic (exact) mass is 526 g/mol. The molecule has 0 atom stereocenters. The lowest BCUT2D eigenvalue weighted by molar-refractivity contribution is -0.113. The Morgan fingerprint density at radius 1 is 1.09 bits per heavy atom. The molecule has 0 unspecified atom stereocenters. The molecule has 0 aliphatic rings. The second kappa shape index (κ2) is 10.3. The SMILES string of the molecule is COC(=O)c1c(NC(=O)CSc2nnc(-c3csc(C)c3-c3ccc(C)cc3)n2C)sc(C)c1C. The van der Waals surface area contributed by atoms with E-state index in [2.05, 4.69) is 59.0 Å². The van der Waals surface area contributed by atoms with Crippen LogP contribution in [0.5, 0.6) is 0 Å². The molecule has 10 heteroatoms. The first-order valence-corrected chi connectivity index (χ1v) is 13.5. The molecule has 1 aromatic carbocycles. The van der Waals surface area contributed by atoms with E-state index in [4.69, 9.17) is 4.74 Å². The van der Waals surface area contributed by atoms with Crippen molar-refractivity contribution in [3.05, 3.63) is 56.1 Å². The van der Waals surface area contributed by atoms with E-state index in [1.165, 1.54) is 40.6 Å². The van der Waals surface area contributed by atoms with Gasteiger partial charge >= 0.3 is 5.97 Å². The summed E-state index contributed by atoms with van der Waals surface area (Å²) in [6, 6.07) is 8.46. The summed E-state index contributed by atoms with van der Waals surface area (Å²) in [5.74, 6) is 0.210. The number of nitrogens with one attached hydrogen (secondary N) is 1. The molecule has 0 saturated carbocycles. The van der Waals surface area contributed by atoms with Crippen LogP contribution in [0.25, 0.3) is 22.5 Å². The van der Waals surface area contributed by atoms with Gasteiger partial charge in [-0.1, -0.05) is 41.6 Å². The zero-order valence-corrected chi connectivity index (χ0v) is 22.8. The minimum absolute atomic E-state index is 0.135. The summed E-state index contributed by atoms with van der Waals surface area (Å²) >= 11 is 4.35. The van der Waals surface area contributed by atoms with Crippen LogP contribution >= 0.6 is 34.4 Å². The first kappa shape index (κ1) is 25.2. The lowest BCUT2D eigenvalue weighted by Crippen LogP contribution is -2.16. The fraction of sp³-hybridized carbons (Fsp3) is 0.280. The molecule has 0 saturated heterocycles. The molecular weight excluding hydrogens is 501 g/mol. The highest BCUT2D eigenvalue weighted by Gasteiger charge is 2.23. The number of hydrogen-bond donors (Lipinski definition) is 1. The molecule has 4 rings (SSSR count). The third kappa shape index (κ3) is 5.05. The predicted molar refractivity (Wildman–Crippen MR) is 144 cm³/mol. The molecule has 0 aliphatic heterocycles. The van der Waals surface area contributed by atoms with Crippen LogP contribution < -0.4 is 5.32 Å². The number of anilines is 1. The van der Waals surface area contributed by atoms with Crippen molar-refractivity contribution in [3.63, 3.8) is 0 Å². The van der Waals surface area contributed by atoms with Crippen molar-refractivity contribution in [1.82, 2.24) is 14.8 Å². The van der Waals surface area contributed by atoms with E-state index in [0.29, 0.717) is 15.7 Å². The maximum absolute atomic E-state index is 12.7. The summed E-state index contributed by atoms with van der Waals surface area (Å²) in [6.45, 7) is 7.94. The Kier molecular flexibility index (Phi) is 7.44. The number of aryl methyl sites for hydroxylation is 3. The highest BCUT2D eigenvalue weighted by Crippen LogP contribution is 2.39. The van der Waals surface area contributed by atoms with Crippen molar-refractivity contribution in [2.75, 3.05) is 18.2 Å². The number of ether oxygens (including phenoxy) is 1. The van der Waals surface area contributed by atoms with Gasteiger partial charge in [0.05, 0.1) is 18.4 Å². The highest BCUT2D eigenvalue weighted by atomic mass is 32.2. The van der Waals surface area contributed by atoms with Crippen molar-refractivity contribution in [3.8, 4) is 22.5 Å². The molecule has 0 aliphatic carbocycles. The van der Waals surface area contributed by atoms with Crippen LogP contribution in [0.4, 0.5) is 5.00 Å². The Morgan fingerprint density at radius 2 is 1.80 bits per heavy atom. The van der Waals surface area contributed by atoms with E-state index >= 15 is 0 Å². The van der Waals surface area contributed by atoms with Gasteiger partial charge in [0.1, 0.15) is 5.00 Å². The third-order valence-electron chi connectivity index (χ3n) is 5.75. The molecule has 4 aromatic rings. The average molecular weight is 527 g/mol. The first-order chi connectivity index (χ1) is 16.7. The van der Waals surface area contributed by atoms with Gasteiger partial charge in [-0.2, -0.15) is 0 Å². The number of carbonyl (C=O) groups is 2. The van der Waals surface area contributed by atoms with Crippen LogP contribution in [0.15, 0.2) is 34.8 Å². The number of thioether (sulfide) groups is 1. The van der Waals surface area contributed by atoms with Gasteiger partial charge in [-0.3, -0.25) is 4.79 Å². The molecule has 182 valence electrons. The molecule has 0 fully saturated rings. The second-order valence-corrected chi connectivity index (χ2v) is 11.4. The fourth-order valence-corrected chi connectivity index (χ4v) is 6.37. The van der Waals surface area contributed by atoms with Crippen molar-refractivity contribution in [2.24, 2.45) is 7.05 Å². The number of nitrogens with zero attached hydrogens (tertiary/aromatic N) is 3. The zero-order valence-electron chi connectivity index (χ0n) is 20.4. The molecule has 35 heavy (non-hydrogen) atoms. The van der Waals surface area contributed by atoms with E-state index in [0.717, 1.165) is 33.0 Å². The molecular formula is C25H26N4O3S3. The van der Waals surface area contributed by atoms with Gasteiger partial charge in [0.25, 0.3) is 0 Å². The van der Waals surface area contributed by atoms with Crippen LogP contribution in [0.3, 0.4) is 0 Å². The third-order valence-corrected chi connectivity index (χ3v) is 8.81. The molecule has 7 nitrogen and oxygen atoms in total. The Morgan fingerprint density at radius 3 is 2.49 bits per heavy atom. The molecule has 3 heterocycles. The number of aromatic nitrogens is 3. The van der Waals surface area contributed by atoms with E-state index in [1.54, 1.807) is 11.3 Å². The summed E-state index contributed by atoms with van der Waals surface area (Å²) in [5.41, 5.74) is 5.76. The largest absolute Gasteiger partial charge is 0.465 e. The van der Waals surface area contributed by atoms with E-state index < -0.39 is 5.97 Å². The molecule has 3 aromatic heterocycles. The Bertz CT molecular complexity index is 1400. The van der Waals surface area contributed by atoms with Crippen LogP contribution in [-0.4, -0.2) is 39.5 Å². The Balaban J connectivity index is 1.51. The minimum atomic E-state index is -0.455. The summed E-state index contributed by atoms with van der Waals surface area (Å²) < 4.78 is 6.80. The minimum Gasteiger partial charge on any atom is -0.465 e. The van der Waals surface area contributed by atoms with Crippen LogP contribution in [-0.2, 0) is 16.6 Å². The van der Waals surface area contributed by atoms with E-state index in [-0.39, 0.29) is 11.7 Å². The normalized spacial score (nSPS) is 11.0. The zero-order chi connectivity index (χ0) is 25.3. The number of esters is 1. The van der Waals surface area contributed by atoms with Crippen molar-refractivity contribution in [1.29, 1.82) is 0 Å². The van der Waals surface area contributed by atoms with Crippen LogP contribution in [0, 0.1) is 27.7 Å². The molecule has 0 bridgehead atoms. The molecule has 0 radical (unpaired) electrons. The Hall–Kier alpha value is -2.95. The Labute approximate surface area is 216 Å². The van der Waals surface area contributed by atoms with Gasteiger partial charge in [0.15, 0.2) is 11.0 Å². The smallest absolute Gasteiger partial charge is 0.341 e. The number of carbonyl (C=O) groups excluding carboxylic acids is 2. The number of methoxy groups -OCH3 is 1. The predicted octanol–water partition coefficient (Wildman–Crippen LogP) is 6.02. The van der Waals surface area contributed by atoms with Gasteiger partial charge in [-0.05, 0) is 38.8 Å².